The van der Waals surface area contributed by atoms with E-state index in [9.17, 15) is 9.90 Å². The first-order valence-electron chi connectivity index (χ1n) is 5.29. The summed E-state index contributed by atoms with van der Waals surface area (Å²) in [6, 6.07) is 0. The molecule has 0 bridgehead atoms. The van der Waals surface area contributed by atoms with Crippen molar-refractivity contribution in [2.75, 3.05) is 27.2 Å². The maximum Gasteiger partial charge on any atom is 0.338 e. The first kappa shape index (κ1) is 14.4. The minimum absolute atomic E-state index is 0.298. The number of aliphatic hydroxyl groups is 1. The smallest absolute Gasteiger partial charge is 0.338 e. The maximum atomic E-state index is 11.2. The molecule has 0 aliphatic carbocycles. The van der Waals surface area contributed by atoms with Crippen LogP contribution in [0, 0.1) is 5.92 Å². The lowest BCUT2D eigenvalue weighted by Crippen LogP contribution is -2.46. The molecule has 0 aromatic rings. The Bertz CT molecular complexity index is 202. The van der Waals surface area contributed by atoms with Gasteiger partial charge in [-0.3, -0.25) is 0 Å². The largest absolute Gasteiger partial charge is 0.467 e. The molecule has 15 heavy (non-hydrogen) atoms. The van der Waals surface area contributed by atoms with Gasteiger partial charge in [0.2, 0.25) is 0 Å². The van der Waals surface area contributed by atoms with Crippen LogP contribution in [0.15, 0.2) is 0 Å². The fraction of sp³-hybridized carbons (Fsp3) is 0.909. The van der Waals surface area contributed by atoms with Gasteiger partial charge in [0.1, 0.15) is 0 Å². The van der Waals surface area contributed by atoms with Gasteiger partial charge in [-0.25, -0.2) is 4.79 Å². The van der Waals surface area contributed by atoms with Crippen LogP contribution in [-0.4, -0.2) is 48.8 Å². The molecule has 0 saturated heterocycles. The van der Waals surface area contributed by atoms with Gasteiger partial charge in [-0.1, -0.05) is 13.8 Å². The Morgan fingerprint density at radius 3 is 2.47 bits per heavy atom. The molecule has 0 fully saturated rings. The molecule has 0 amide bonds. The van der Waals surface area contributed by atoms with Crippen LogP contribution in [0.2, 0.25) is 0 Å². The van der Waals surface area contributed by atoms with E-state index in [0.29, 0.717) is 12.5 Å². The van der Waals surface area contributed by atoms with Crippen molar-refractivity contribution in [1.29, 1.82) is 0 Å². The van der Waals surface area contributed by atoms with Crippen molar-refractivity contribution in [3.8, 4) is 0 Å². The zero-order valence-corrected chi connectivity index (χ0v) is 10.4. The summed E-state index contributed by atoms with van der Waals surface area (Å²) in [5.41, 5.74) is -1.42. The van der Waals surface area contributed by atoms with Gasteiger partial charge < -0.3 is 14.7 Å². The second-order valence-electron chi connectivity index (χ2n) is 4.69. The van der Waals surface area contributed by atoms with E-state index in [-0.39, 0.29) is 0 Å². The summed E-state index contributed by atoms with van der Waals surface area (Å²) in [5, 5.41) is 9.80. The fourth-order valence-corrected chi connectivity index (χ4v) is 1.37. The van der Waals surface area contributed by atoms with Crippen molar-refractivity contribution in [2.45, 2.75) is 32.8 Å². The summed E-state index contributed by atoms with van der Waals surface area (Å²) in [5.74, 6) is 0.0365. The maximum absolute atomic E-state index is 11.2. The van der Waals surface area contributed by atoms with Crippen LogP contribution in [0.5, 0.6) is 0 Å². The predicted molar refractivity (Wildman–Crippen MR) is 59.6 cm³/mol. The fourth-order valence-electron chi connectivity index (χ4n) is 1.37. The van der Waals surface area contributed by atoms with Crippen LogP contribution in [0.3, 0.4) is 0 Å². The van der Waals surface area contributed by atoms with E-state index in [1.165, 1.54) is 14.0 Å². The molecule has 0 radical (unpaired) electrons. The zero-order chi connectivity index (χ0) is 12.1. The van der Waals surface area contributed by atoms with Gasteiger partial charge >= 0.3 is 5.97 Å². The van der Waals surface area contributed by atoms with Crippen LogP contribution >= 0.6 is 0 Å². The minimum atomic E-state index is -1.42. The lowest BCUT2D eigenvalue weighted by Gasteiger charge is -2.27. The highest BCUT2D eigenvalue weighted by Gasteiger charge is 2.32. The highest BCUT2D eigenvalue weighted by Crippen LogP contribution is 2.09. The number of esters is 1. The zero-order valence-electron chi connectivity index (χ0n) is 10.4. The van der Waals surface area contributed by atoms with Crippen LogP contribution < -0.4 is 0 Å². The van der Waals surface area contributed by atoms with Crippen LogP contribution in [0.4, 0.5) is 0 Å². The summed E-state index contributed by atoms with van der Waals surface area (Å²) in [4.78, 5) is 13.1. The highest BCUT2D eigenvalue weighted by atomic mass is 16.5. The molecule has 1 atom stereocenters. The summed E-state index contributed by atoms with van der Waals surface area (Å²) < 4.78 is 4.53. The Morgan fingerprint density at radius 1 is 1.53 bits per heavy atom. The van der Waals surface area contributed by atoms with Gasteiger partial charge in [0.05, 0.1) is 7.11 Å². The van der Waals surface area contributed by atoms with Gasteiger partial charge in [0, 0.05) is 6.54 Å². The molecule has 0 spiro atoms. The lowest BCUT2D eigenvalue weighted by molar-refractivity contribution is -0.162. The van der Waals surface area contributed by atoms with Gasteiger partial charge in [0.25, 0.3) is 0 Å². The standard InChI is InChI=1S/C11H23NO3/c1-9(2)6-7-12(4)8-11(3,14)10(13)15-5/h9,14H,6-8H2,1-5H3. The predicted octanol–water partition coefficient (Wildman–Crippen LogP) is 0.888. The monoisotopic (exact) mass is 217 g/mol. The second-order valence-corrected chi connectivity index (χ2v) is 4.69. The quantitative estimate of drug-likeness (QED) is 0.671. The Balaban J connectivity index is 4.04. The normalized spacial score (nSPS) is 15.5. The minimum Gasteiger partial charge on any atom is -0.467 e. The SMILES string of the molecule is COC(=O)C(C)(O)CN(C)CCC(C)C. The van der Waals surface area contributed by atoms with Gasteiger partial charge in [0.15, 0.2) is 5.60 Å². The van der Waals surface area contributed by atoms with E-state index in [1.807, 2.05) is 11.9 Å². The highest BCUT2D eigenvalue weighted by molar-refractivity contribution is 5.78. The first-order valence-corrected chi connectivity index (χ1v) is 5.29. The molecule has 1 unspecified atom stereocenters. The molecular formula is C11H23NO3. The summed E-state index contributed by atoms with van der Waals surface area (Å²) >= 11 is 0. The molecule has 0 aliphatic heterocycles. The number of likely N-dealkylation sites (N-methyl/N-ethyl adjacent to an activating group) is 1. The third-order valence-corrected chi connectivity index (χ3v) is 2.29. The van der Waals surface area contributed by atoms with Gasteiger partial charge in [-0.2, -0.15) is 0 Å². The van der Waals surface area contributed by atoms with E-state index in [0.717, 1.165) is 13.0 Å². The first-order chi connectivity index (χ1) is 6.79. The van der Waals surface area contributed by atoms with Crippen molar-refractivity contribution in [3.63, 3.8) is 0 Å². The Labute approximate surface area is 92.2 Å². The molecule has 0 rings (SSSR count). The van der Waals surface area contributed by atoms with Crippen molar-refractivity contribution >= 4 is 5.97 Å². The topological polar surface area (TPSA) is 49.8 Å². The van der Waals surface area contributed by atoms with Crippen LogP contribution in [0.1, 0.15) is 27.2 Å². The summed E-state index contributed by atoms with van der Waals surface area (Å²) in [6.07, 6.45) is 1.05. The average Bonchev–Trinajstić information content (AvgIpc) is 2.12. The number of carbonyl (C=O) groups is 1. The third kappa shape index (κ3) is 5.74. The van der Waals surface area contributed by atoms with Crippen molar-refractivity contribution in [1.82, 2.24) is 4.90 Å². The van der Waals surface area contributed by atoms with Crippen molar-refractivity contribution in [2.24, 2.45) is 5.92 Å². The number of ether oxygens (including phenoxy) is 1. The number of hydrogen-bond donors (Lipinski definition) is 1. The van der Waals surface area contributed by atoms with E-state index < -0.39 is 11.6 Å². The van der Waals surface area contributed by atoms with E-state index in [1.54, 1.807) is 0 Å². The molecule has 0 aromatic carbocycles. The average molecular weight is 217 g/mol. The lowest BCUT2D eigenvalue weighted by atomic mass is 10.1. The van der Waals surface area contributed by atoms with E-state index in [2.05, 4.69) is 18.6 Å². The second kappa shape index (κ2) is 6.08. The summed E-state index contributed by atoms with van der Waals surface area (Å²) in [7, 11) is 3.17. The Morgan fingerprint density at radius 2 is 2.07 bits per heavy atom. The number of hydrogen-bond acceptors (Lipinski definition) is 4. The number of rotatable bonds is 6. The number of methoxy groups -OCH3 is 1. The molecule has 90 valence electrons. The Hall–Kier alpha value is -0.610. The number of carbonyl (C=O) groups excluding carboxylic acids is 1. The summed E-state index contributed by atoms with van der Waals surface area (Å²) in [6.45, 7) is 6.93. The van der Waals surface area contributed by atoms with Gasteiger partial charge in [-0.15, -0.1) is 0 Å². The third-order valence-electron chi connectivity index (χ3n) is 2.29. The van der Waals surface area contributed by atoms with E-state index in [4.69, 9.17) is 0 Å². The molecule has 1 N–H and O–H groups in total. The number of nitrogens with zero attached hydrogens (tertiary/aromatic N) is 1. The Kier molecular flexibility index (Phi) is 5.83. The molecule has 4 heteroatoms. The van der Waals surface area contributed by atoms with Gasteiger partial charge in [-0.05, 0) is 32.9 Å². The van der Waals surface area contributed by atoms with Crippen LogP contribution in [-0.2, 0) is 9.53 Å². The molecule has 4 nitrogen and oxygen atoms in total. The molecular weight excluding hydrogens is 194 g/mol. The van der Waals surface area contributed by atoms with E-state index >= 15 is 0 Å². The van der Waals surface area contributed by atoms with Crippen molar-refractivity contribution < 1.29 is 14.6 Å². The molecule has 0 aliphatic rings. The molecule has 0 aromatic heterocycles. The molecule has 0 saturated carbocycles. The molecule has 0 heterocycles. The van der Waals surface area contributed by atoms with Crippen molar-refractivity contribution in [3.05, 3.63) is 0 Å². The van der Waals surface area contributed by atoms with Crippen LogP contribution in [0.25, 0.3) is 0 Å².